The second kappa shape index (κ2) is 13.0. The number of benzene rings is 3. The van der Waals surface area contributed by atoms with Crippen LogP contribution >= 0.6 is 23.2 Å². The Kier molecular flexibility index (Phi) is 9.79. The smallest absolute Gasteiger partial charge is 0.247 e. The Morgan fingerprint density at radius 1 is 0.970 bits per heavy atom. The average molecular weight is 482 g/mol. The average Bonchev–Trinajstić information content (AvgIpc) is 2.84. The van der Waals surface area contributed by atoms with Crippen LogP contribution in [0.1, 0.15) is 28.2 Å². The van der Waals surface area contributed by atoms with E-state index in [9.17, 15) is 4.79 Å². The van der Waals surface area contributed by atoms with Crippen molar-refractivity contribution in [1.82, 2.24) is 5.43 Å². The van der Waals surface area contributed by atoms with Gasteiger partial charge in [-0.15, -0.1) is 23.2 Å². The number of hydrazone groups is 1. The van der Waals surface area contributed by atoms with E-state index in [1.54, 1.807) is 6.21 Å². The summed E-state index contributed by atoms with van der Waals surface area (Å²) in [6.45, 7) is 3.49. The molecule has 3 aromatic rings. The molecule has 1 unspecified atom stereocenters. The maximum atomic E-state index is 13.1. The van der Waals surface area contributed by atoms with Gasteiger partial charge in [0, 0.05) is 30.5 Å². The van der Waals surface area contributed by atoms with E-state index in [1.807, 2.05) is 79.7 Å². The van der Waals surface area contributed by atoms with E-state index in [0.717, 1.165) is 41.0 Å². The lowest BCUT2D eigenvalue weighted by Gasteiger charge is -2.23. The number of anilines is 1. The van der Waals surface area contributed by atoms with Crippen molar-refractivity contribution in [3.63, 3.8) is 0 Å². The molecule has 4 nitrogen and oxygen atoms in total. The highest BCUT2D eigenvalue weighted by Gasteiger charge is 2.20. The summed E-state index contributed by atoms with van der Waals surface area (Å²) in [4.78, 5) is 15.2. The topological polar surface area (TPSA) is 44.7 Å². The number of carbonyl (C=O) groups is 1. The van der Waals surface area contributed by atoms with Crippen LogP contribution in [-0.2, 0) is 11.2 Å². The van der Waals surface area contributed by atoms with Gasteiger partial charge in [-0.25, -0.2) is 5.43 Å². The van der Waals surface area contributed by atoms with Gasteiger partial charge in [0.25, 0.3) is 0 Å². The van der Waals surface area contributed by atoms with Crippen LogP contribution in [0.4, 0.5) is 5.69 Å². The molecule has 0 saturated carbocycles. The molecule has 0 bridgehead atoms. The molecule has 0 aliphatic carbocycles. The summed E-state index contributed by atoms with van der Waals surface area (Å²) in [5, 5.41) is 4.26. The first kappa shape index (κ1) is 24.8. The fourth-order valence-electron chi connectivity index (χ4n) is 3.72. The quantitative estimate of drug-likeness (QED) is 0.215. The number of alkyl halides is 2. The van der Waals surface area contributed by atoms with Crippen LogP contribution < -0.4 is 10.3 Å². The van der Waals surface area contributed by atoms with Crippen LogP contribution in [0.5, 0.6) is 0 Å². The summed E-state index contributed by atoms with van der Waals surface area (Å²) in [6, 6.07) is 25.9. The Bertz CT molecular complexity index is 1040. The summed E-state index contributed by atoms with van der Waals surface area (Å²) in [6.07, 6.45) is 2.30. The molecular weight excluding hydrogens is 453 g/mol. The summed E-state index contributed by atoms with van der Waals surface area (Å²) in [5.74, 6) is 0.618. The molecule has 0 spiro atoms. The first-order chi connectivity index (χ1) is 16.1. The summed E-state index contributed by atoms with van der Waals surface area (Å²) in [5.41, 5.74) is 7.88. The molecule has 0 aliphatic heterocycles. The zero-order valence-corrected chi connectivity index (χ0v) is 20.3. The fourth-order valence-corrected chi connectivity index (χ4v) is 4.12. The van der Waals surface area contributed by atoms with Crippen molar-refractivity contribution in [2.24, 2.45) is 5.10 Å². The van der Waals surface area contributed by atoms with E-state index >= 15 is 0 Å². The second-order valence-corrected chi connectivity index (χ2v) is 8.55. The van der Waals surface area contributed by atoms with Gasteiger partial charge in [0.1, 0.15) is 0 Å². The normalized spacial score (nSPS) is 12.0. The molecule has 0 fully saturated rings. The molecule has 1 amide bonds. The van der Waals surface area contributed by atoms with E-state index in [-0.39, 0.29) is 11.8 Å². The SMILES string of the molecule is Cc1cc(N(CCCl)CCCl)ccc1/C=N/NC(=O)C(Cc1ccccc1)c1ccccc1. The van der Waals surface area contributed by atoms with Crippen LogP contribution in [0, 0.1) is 6.92 Å². The Balaban J connectivity index is 1.71. The van der Waals surface area contributed by atoms with Crippen molar-refractivity contribution in [3.05, 3.63) is 101 Å². The molecule has 172 valence electrons. The largest absolute Gasteiger partial charge is 0.369 e. The summed E-state index contributed by atoms with van der Waals surface area (Å²) < 4.78 is 0. The first-order valence-corrected chi connectivity index (χ1v) is 12.1. The highest BCUT2D eigenvalue weighted by atomic mass is 35.5. The summed E-state index contributed by atoms with van der Waals surface area (Å²) >= 11 is 11.9. The minimum atomic E-state index is -0.325. The molecule has 1 atom stereocenters. The number of hydrogen-bond donors (Lipinski definition) is 1. The molecule has 1 N–H and O–H groups in total. The van der Waals surface area contributed by atoms with Gasteiger partial charge in [0.2, 0.25) is 5.91 Å². The van der Waals surface area contributed by atoms with Crippen molar-refractivity contribution in [2.75, 3.05) is 29.7 Å². The third kappa shape index (κ3) is 7.34. The molecule has 6 heteroatoms. The predicted octanol–water partition coefficient (Wildman–Crippen LogP) is 5.76. The molecular formula is C27H29Cl2N3O. The number of aryl methyl sites for hydroxylation is 1. The number of hydrogen-bond acceptors (Lipinski definition) is 3. The number of halogens is 2. The van der Waals surface area contributed by atoms with Gasteiger partial charge in [-0.3, -0.25) is 4.79 Å². The van der Waals surface area contributed by atoms with Crippen molar-refractivity contribution in [1.29, 1.82) is 0 Å². The lowest BCUT2D eigenvalue weighted by atomic mass is 9.91. The molecule has 33 heavy (non-hydrogen) atoms. The van der Waals surface area contributed by atoms with Crippen molar-refractivity contribution in [3.8, 4) is 0 Å². The van der Waals surface area contributed by atoms with Gasteiger partial charge in [0.15, 0.2) is 0 Å². The Labute approximate surface area is 206 Å². The van der Waals surface area contributed by atoms with Gasteiger partial charge in [-0.05, 0) is 47.7 Å². The Morgan fingerprint density at radius 2 is 1.61 bits per heavy atom. The van der Waals surface area contributed by atoms with E-state index in [2.05, 4.69) is 21.5 Å². The maximum absolute atomic E-state index is 13.1. The van der Waals surface area contributed by atoms with Gasteiger partial charge in [0.05, 0.1) is 12.1 Å². The molecule has 0 heterocycles. The molecule has 0 radical (unpaired) electrons. The highest BCUT2D eigenvalue weighted by molar-refractivity contribution is 6.18. The van der Waals surface area contributed by atoms with E-state index in [4.69, 9.17) is 23.2 Å². The second-order valence-electron chi connectivity index (χ2n) is 7.79. The number of nitrogens with zero attached hydrogens (tertiary/aromatic N) is 2. The third-order valence-electron chi connectivity index (χ3n) is 5.51. The minimum absolute atomic E-state index is 0.133. The van der Waals surface area contributed by atoms with Crippen molar-refractivity contribution >= 4 is 41.0 Å². The zero-order chi connectivity index (χ0) is 23.5. The molecule has 0 aliphatic rings. The van der Waals surface area contributed by atoms with E-state index in [0.29, 0.717) is 18.2 Å². The molecule has 3 rings (SSSR count). The van der Waals surface area contributed by atoms with Gasteiger partial charge in [-0.2, -0.15) is 5.10 Å². The van der Waals surface area contributed by atoms with Gasteiger partial charge >= 0.3 is 0 Å². The Hall–Kier alpha value is -2.82. The lowest BCUT2D eigenvalue weighted by Crippen LogP contribution is -2.27. The third-order valence-corrected chi connectivity index (χ3v) is 5.84. The standard InChI is InChI=1S/C27H29Cl2N3O/c1-21-18-25(32(16-14-28)17-15-29)13-12-24(21)20-30-31-27(33)26(23-10-6-3-7-11-23)19-22-8-4-2-5-9-22/h2-13,18,20,26H,14-17,19H2,1H3,(H,31,33)/b30-20+. The predicted molar refractivity (Wildman–Crippen MR) is 140 cm³/mol. The number of amides is 1. The summed E-state index contributed by atoms with van der Waals surface area (Å²) in [7, 11) is 0. The van der Waals surface area contributed by atoms with Crippen LogP contribution in [0.15, 0.2) is 84.0 Å². The van der Waals surface area contributed by atoms with E-state index < -0.39 is 0 Å². The number of carbonyl (C=O) groups excluding carboxylic acids is 1. The van der Waals surface area contributed by atoms with Gasteiger partial charge in [-0.1, -0.05) is 66.7 Å². The lowest BCUT2D eigenvalue weighted by molar-refractivity contribution is -0.122. The monoisotopic (exact) mass is 481 g/mol. The van der Waals surface area contributed by atoms with E-state index in [1.165, 1.54) is 0 Å². The number of rotatable bonds is 11. The number of nitrogens with one attached hydrogen (secondary N) is 1. The van der Waals surface area contributed by atoms with Crippen molar-refractivity contribution in [2.45, 2.75) is 19.3 Å². The van der Waals surface area contributed by atoms with Crippen LogP contribution in [0.3, 0.4) is 0 Å². The Morgan fingerprint density at radius 3 is 2.21 bits per heavy atom. The minimum Gasteiger partial charge on any atom is -0.369 e. The molecule has 0 saturated heterocycles. The highest BCUT2D eigenvalue weighted by Crippen LogP contribution is 2.22. The van der Waals surface area contributed by atoms with Crippen LogP contribution in [0.2, 0.25) is 0 Å². The molecule has 0 aromatic heterocycles. The zero-order valence-electron chi connectivity index (χ0n) is 18.8. The van der Waals surface area contributed by atoms with Gasteiger partial charge < -0.3 is 4.90 Å². The van der Waals surface area contributed by atoms with Crippen LogP contribution in [-0.4, -0.2) is 37.0 Å². The fraction of sp³-hybridized carbons (Fsp3) is 0.259. The van der Waals surface area contributed by atoms with Crippen molar-refractivity contribution < 1.29 is 4.79 Å². The maximum Gasteiger partial charge on any atom is 0.247 e. The first-order valence-electron chi connectivity index (χ1n) is 11.0. The van der Waals surface area contributed by atoms with Crippen LogP contribution in [0.25, 0.3) is 0 Å². The molecule has 3 aromatic carbocycles.